The molecule has 104 valence electrons. The number of rotatable bonds is 3. The fourth-order valence-electron chi connectivity index (χ4n) is 2.23. The van der Waals surface area contributed by atoms with E-state index in [4.69, 9.17) is 9.47 Å². The van der Waals surface area contributed by atoms with Gasteiger partial charge in [-0.2, -0.15) is 0 Å². The first kappa shape index (κ1) is 14.3. The van der Waals surface area contributed by atoms with E-state index in [0.717, 1.165) is 41.8 Å². The number of halogens is 1. The second-order valence-corrected chi connectivity index (χ2v) is 5.47. The molecule has 2 rings (SSSR count). The van der Waals surface area contributed by atoms with Gasteiger partial charge in [0.1, 0.15) is 0 Å². The molecule has 4 nitrogen and oxygen atoms in total. The van der Waals surface area contributed by atoms with E-state index in [1.54, 1.807) is 6.07 Å². The second kappa shape index (κ2) is 6.39. The fourth-order valence-corrected chi connectivity index (χ4v) is 2.78. The summed E-state index contributed by atoms with van der Waals surface area (Å²) < 4.78 is 11.1. The van der Waals surface area contributed by atoms with Crippen molar-refractivity contribution in [1.82, 2.24) is 0 Å². The number of carbonyl (C=O) groups excluding carboxylic acids is 1. The van der Waals surface area contributed by atoms with Crippen LogP contribution in [-0.2, 0) is 9.47 Å². The van der Waals surface area contributed by atoms with Crippen molar-refractivity contribution >= 4 is 27.6 Å². The lowest BCUT2D eigenvalue weighted by Gasteiger charge is -2.26. The second-order valence-electron chi connectivity index (χ2n) is 4.62. The molecule has 19 heavy (non-hydrogen) atoms. The number of nitrogens with one attached hydrogen (secondary N) is 1. The van der Waals surface area contributed by atoms with Crippen molar-refractivity contribution in [3.05, 3.63) is 27.7 Å². The number of esters is 1. The topological polar surface area (TPSA) is 47.6 Å². The summed E-state index contributed by atoms with van der Waals surface area (Å²) in [6.45, 7) is 3.49. The standard InChI is InChI=1S/C14H18BrNO3/c1-9-11(14(17)18-2)3-4-12(15)13(9)16-10-5-7-19-8-6-10/h3-4,10,16H,5-8H2,1-2H3. The maximum Gasteiger partial charge on any atom is 0.338 e. The van der Waals surface area contributed by atoms with Crippen molar-refractivity contribution in [2.75, 3.05) is 25.6 Å². The van der Waals surface area contributed by atoms with Crippen LogP contribution in [-0.4, -0.2) is 32.3 Å². The van der Waals surface area contributed by atoms with Gasteiger partial charge in [0.25, 0.3) is 0 Å². The van der Waals surface area contributed by atoms with E-state index in [2.05, 4.69) is 21.2 Å². The van der Waals surface area contributed by atoms with Crippen LogP contribution in [0.1, 0.15) is 28.8 Å². The van der Waals surface area contributed by atoms with Crippen LogP contribution in [0.5, 0.6) is 0 Å². The minimum absolute atomic E-state index is 0.306. The largest absolute Gasteiger partial charge is 0.465 e. The van der Waals surface area contributed by atoms with E-state index in [0.29, 0.717) is 11.6 Å². The number of anilines is 1. The van der Waals surface area contributed by atoms with Crippen LogP contribution in [0, 0.1) is 6.92 Å². The van der Waals surface area contributed by atoms with Crippen LogP contribution in [0.2, 0.25) is 0 Å². The summed E-state index contributed by atoms with van der Waals surface area (Å²) in [5, 5.41) is 3.50. The molecule has 1 heterocycles. The third-order valence-electron chi connectivity index (χ3n) is 3.39. The molecule has 1 N–H and O–H groups in total. The van der Waals surface area contributed by atoms with Gasteiger partial charge in [-0.25, -0.2) is 4.79 Å². The van der Waals surface area contributed by atoms with Crippen LogP contribution in [0.25, 0.3) is 0 Å². The maximum atomic E-state index is 11.7. The van der Waals surface area contributed by atoms with Gasteiger partial charge in [0.15, 0.2) is 0 Å². The average Bonchev–Trinajstić information content (AvgIpc) is 2.44. The minimum atomic E-state index is -0.306. The first-order valence-corrected chi connectivity index (χ1v) is 7.14. The highest BCUT2D eigenvalue weighted by atomic mass is 79.9. The highest BCUT2D eigenvalue weighted by Gasteiger charge is 2.19. The summed E-state index contributed by atoms with van der Waals surface area (Å²) in [6, 6.07) is 4.04. The van der Waals surface area contributed by atoms with E-state index >= 15 is 0 Å². The lowest BCUT2D eigenvalue weighted by Crippen LogP contribution is -2.28. The smallest absolute Gasteiger partial charge is 0.338 e. The molecule has 0 radical (unpaired) electrons. The Morgan fingerprint density at radius 3 is 2.74 bits per heavy atom. The Balaban J connectivity index is 2.25. The van der Waals surface area contributed by atoms with Crippen molar-refractivity contribution in [2.45, 2.75) is 25.8 Å². The van der Waals surface area contributed by atoms with Crippen LogP contribution < -0.4 is 5.32 Å². The molecule has 0 spiro atoms. The highest BCUT2D eigenvalue weighted by molar-refractivity contribution is 9.10. The van der Waals surface area contributed by atoms with Gasteiger partial charge in [0.05, 0.1) is 18.4 Å². The van der Waals surface area contributed by atoms with Gasteiger partial charge in [-0.05, 0) is 53.4 Å². The molecule has 0 bridgehead atoms. The highest BCUT2D eigenvalue weighted by Crippen LogP contribution is 2.31. The van der Waals surface area contributed by atoms with Crippen LogP contribution in [0.4, 0.5) is 5.69 Å². The molecule has 1 saturated heterocycles. The van der Waals surface area contributed by atoms with Crippen LogP contribution >= 0.6 is 15.9 Å². The lowest BCUT2D eigenvalue weighted by molar-refractivity contribution is 0.0600. The fraction of sp³-hybridized carbons (Fsp3) is 0.500. The lowest BCUT2D eigenvalue weighted by atomic mass is 10.0. The van der Waals surface area contributed by atoms with Gasteiger partial charge >= 0.3 is 5.97 Å². The van der Waals surface area contributed by atoms with E-state index in [1.807, 2.05) is 13.0 Å². The van der Waals surface area contributed by atoms with E-state index in [1.165, 1.54) is 7.11 Å². The monoisotopic (exact) mass is 327 g/mol. The molecule has 0 atom stereocenters. The zero-order valence-electron chi connectivity index (χ0n) is 11.2. The van der Waals surface area contributed by atoms with Gasteiger partial charge in [-0.15, -0.1) is 0 Å². The van der Waals surface area contributed by atoms with Crippen molar-refractivity contribution in [1.29, 1.82) is 0 Å². The molecule has 1 aromatic carbocycles. The molecular weight excluding hydrogens is 310 g/mol. The van der Waals surface area contributed by atoms with Crippen LogP contribution in [0.3, 0.4) is 0 Å². The first-order chi connectivity index (χ1) is 9.13. The first-order valence-electron chi connectivity index (χ1n) is 6.35. The van der Waals surface area contributed by atoms with E-state index < -0.39 is 0 Å². The minimum Gasteiger partial charge on any atom is -0.465 e. The SMILES string of the molecule is COC(=O)c1ccc(Br)c(NC2CCOCC2)c1C. The van der Waals surface area contributed by atoms with E-state index in [-0.39, 0.29) is 5.97 Å². The Hall–Kier alpha value is -1.07. The predicted octanol–water partition coefficient (Wildman–Crippen LogP) is 3.14. The van der Waals surface area contributed by atoms with Gasteiger partial charge < -0.3 is 14.8 Å². The van der Waals surface area contributed by atoms with Gasteiger partial charge in [-0.1, -0.05) is 0 Å². The normalized spacial score (nSPS) is 16.2. The Morgan fingerprint density at radius 2 is 2.11 bits per heavy atom. The summed E-state index contributed by atoms with van der Waals surface area (Å²) in [7, 11) is 1.40. The maximum absolute atomic E-state index is 11.7. The van der Waals surface area contributed by atoms with Crippen LogP contribution in [0.15, 0.2) is 16.6 Å². The molecule has 5 heteroatoms. The molecule has 0 saturated carbocycles. The summed E-state index contributed by atoms with van der Waals surface area (Å²) >= 11 is 3.53. The zero-order chi connectivity index (χ0) is 13.8. The zero-order valence-corrected chi connectivity index (χ0v) is 12.7. The average molecular weight is 328 g/mol. The number of methoxy groups -OCH3 is 1. The molecule has 1 fully saturated rings. The summed E-state index contributed by atoms with van der Waals surface area (Å²) in [5.74, 6) is -0.306. The van der Waals surface area contributed by atoms with Crippen molar-refractivity contribution < 1.29 is 14.3 Å². The summed E-state index contributed by atoms with van der Waals surface area (Å²) in [6.07, 6.45) is 1.96. The summed E-state index contributed by atoms with van der Waals surface area (Å²) in [5.41, 5.74) is 2.47. The predicted molar refractivity (Wildman–Crippen MR) is 77.7 cm³/mol. The molecule has 0 unspecified atom stereocenters. The molecule has 1 aliphatic rings. The summed E-state index contributed by atoms with van der Waals surface area (Å²) in [4.78, 5) is 11.7. The Bertz CT molecular complexity index is 470. The number of carbonyl (C=O) groups is 1. The number of hydrogen-bond acceptors (Lipinski definition) is 4. The molecule has 0 amide bonds. The Kier molecular flexibility index (Phi) is 4.82. The van der Waals surface area contributed by atoms with Gasteiger partial charge in [0, 0.05) is 23.7 Å². The quantitative estimate of drug-likeness (QED) is 0.866. The number of ether oxygens (including phenoxy) is 2. The van der Waals surface area contributed by atoms with E-state index in [9.17, 15) is 4.79 Å². The third kappa shape index (κ3) is 3.28. The van der Waals surface area contributed by atoms with Gasteiger partial charge in [-0.3, -0.25) is 0 Å². The van der Waals surface area contributed by atoms with Crippen molar-refractivity contribution in [3.8, 4) is 0 Å². The molecule has 1 aliphatic heterocycles. The van der Waals surface area contributed by atoms with Gasteiger partial charge in [0.2, 0.25) is 0 Å². The third-order valence-corrected chi connectivity index (χ3v) is 4.05. The van der Waals surface area contributed by atoms with Crippen molar-refractivity contribution in [3.63, 3.8) is 0 Å². The molecular formula is C14H18BrNO3. The number of hydrogen-bond donors (Lipinski definition) is 1. The molecule has 1 aromatic rings. The molecule has 0 aliphatic carbocycles. The number of benzene rings is 1. The van der Waals surface area contributed by atoms with Crippen molar-refractivity contribution in [2.24, 2.45) is 0 Å². The molecule has 0 aromatic heterocycles. The Labute approximate surface area is 121 Å². The Morgan fingerprint density at radius 1 is 1.42 bits per heavy atom.